The van der Waals surface area contributed by atoms with Crippen LogP contribution in [0.2, 0.25) is 0 Å². The van der Waals surface area contributed by atoms with Crippen LogP contribution in [0.15, 0.2) is 24.3 Å². The van der Waals surface area contributed by atoms with Gasteiger partial charge in [-0.05, 0) is 12.5 Å². The number of aliphatic hydroxyl groups is 2. The molecule has 1 aromatic carbocycles. The highest BCUT2D eigenvalue weighted by Gasteiger charge is 2.32. The number of para-hydroxylation sites is 1. The fourth-order valence-electron chi connectivity index (χ4n) is 2.17. The lowest BCUT2D eigenvalue weighted by molar-refractivity contribution is 0.0546. The van der Waals surface area contributed by atoms with E-state index in [0.717, 1.165) is 12.2 Å². The minimum absolute atomic E-state index is 0.00215. The summed E-state index contributed by atoms with van der Waals surface area (Å²) in [6.07, 6.45) is 0.747. The summed E-state index contributed by atoms with van der Waals surface area (Å²) >= 11 is 0. The van der Waals surface area contributed by atoms with Gasteiger partial charge in [0, 0.05) is 16.9 Å². The Morgan fingerprint density at radius 3 is 2.69 bits per heavy atom. The molecule has 1 atom stereocenters. The Labute approximate surface area is 95.7 Å². The first-order chi connectivity index (χ1) is 7.68. The van der Waals surface area contributed by atoms with Gasteiger partial charge in [0.25, 0.3) is 0 Å². The quantitative estimate of drug-likeness (QED) is 0.812. The van der Waals surface area contributed by atoms with Gasteiger partial charge in [0.05, 0.1) is 19.8 Å². The van der Waals surface area contributed by atoms with Crippen molar-refractivity contribution in [2.75, 3.05) is 19.8 Å². The molecule has 0 fully saturated rings. The van der Waals surface area contributed by atoms with Crippen LogP contribution in [0.3, 0.4) is 0 Å². The van der Waals surface area contributed by atoms with Gasteiger partial charge in [-0.1, -0.05) is 25.1 Å². The van der Waals surface area contributed by atoms with E-state index < -0.39 is 5.41 Å². The van der Waals surface area contributed by atoms with Crippen LogP contribution in [-0.4, -0.2) is 30.0 Å². The fourth-order valence-corrected chi connectivity index (χ4v) is 2.17. The number of hydrogen-bond donors (Lipinski definition) is 2. The molecule has 1 aliphatic rings. The normalized spacial score (nSPS) is 19.3. The van der Waals surface area contributed by atoms with Gasteiger partial charge in [-0.15, -0.1) is 0 Å². The van der Waals surface area contributed by atoms with Gasteiger partial charge in [0.15, 0.2) is 0 Å². The van der Waals surface area contributed by atoms with E-state index in [1.54, 1.807) is 0 Å². The van der Waals surface area contributed by atoms with E-state index in [9.17, 15) is 10.2 Å². The lowest BCUT2D eigenvalue weighted by Gasteiger charge is -2.27. The van der Waals surface area contributed by atoms with Gasteiger partial charge >= 0.3 is 0 Å². The minimum Gasteiger partial charge on any atom is -0.493 e. The molecule has 1 aromatic rings. The van der Waals surface area contributed by atoms with Crippen molar-refractivity contribution in [2.24, 2.45) is 5.41 Å². The highest BCUT2D eigenvalue weighted by Crippen LogP contribution is 2.40. The monoisotopic (exact) mass is 222 g/mol. The summed E-state index contributed by atoms with van der Waals surface area (Å²) in [5.74, 6) is 1.21. The van der Waals surface area contributed by atoms with Gasteiger partial charge in [0.1, 0.15) is 5.75 Å². The summed E-state index contributed by atoms with van der Waals surface area (Å²) < 4.78 is 5.58. The molecule has 2 N–H and O–H groups in total. The maximum atomic E-state index is 9.29. The average Bonchev–Trinajstić information content (AvgIpc) is 2.73. The first kappa shape index (κ1) is 11.4. The first-order valence-corrected chi connectivity index (χ1v) is 5.62. The predicted octanol–water partition coefficient (Wildman–Crippen LogP) is 1.54. The molecule has 88 valence electrons. The molecular weight excluding hydrogens is 204 g/mol. The van der Waals surface area contributed by atoms with E-state index in [1.165, 1.54) is 5.56 Å². The number of rotatable bonds is 4. The van der Waals surface area contributed by atoms with E-state index in [0.29, 0.717) is 6.61 Å². The Hall–Kier alpha value is -1.06. The van der Waals surface area contributed by atoms with Crippen LogP contribution < -0.4 is 4.74 Å². The van der Waals surface area contributed by atoms with E-state index >= 15 is 0 Å². The number of fused-ring (bicyclic) bond motifs is 1. The predicted molar refractivity (Wildman–Crippen MR) is 61.6 cm³/mol. The van der Waals surface area contributed by atoms with Crippen molar-refractivity contribution in [1.29, 1.82) is 0 Å². The first-order valence-electron chi connectivity index (χ1n) is 5.62. The van der Waals surface area contributed by atoms with Gasteiger partial charge < -0.3 is 14.9 Å². The van der Waals surface area contributed by atoms with E-state index in [1.807, 2.05) is 25.1 Å². The van der Waals surface area contributed by atoms with Crippen LogP contribution in [0, 0.1) is 5.41 Å². The largest absolute Gasteiger partial charge is 0.493 e. The molecule has 0 saturated heterocycles. The molecule has 1 unspecified atom stereocenters. The molecule has 0 aromatic heterocycles. The summed E-state index contributed by atoms with van der Waals surface area (Å²) in [5, 5.41) is 18.6. The molecule has 3 nitrogen and oxygen atoms in total. The number of benzene rings is 1. The molecule has 0 spiro atoms. The topological polar surface area (TPSA) is 49.7 Å². The van der Waals surface area contributed by atoms with Crippen LogP contribution >= 0.6 is 0 Å². The second-order valence-electron chi connectivity index (χ2n) is 4.88. The Kier molecular flexibility index (Phi) is 3.17. The van der Waals surface area contributed by atoms with Crippen molar-refractivity contribution >= 4 is 0 Å². The highest BCUT2D eigenvalue weighted by molar-refractivity contribution is 5.39. The third-order valence-corrected chi connectivity index (χ3v) is 3.30. The Morgan fingerprint density at radius 1 is 1.31 bits per heavy atom. The van der Waals surface area contributed by atoms with Crippen molar-refractivity contribution < 1.29 is 14.9 Å². The smallest absolute Gasteiger partial charge is 0.122 e. The van der Waals surface area contributed by atoms with Gasteiger partial charge in [0.2, 0.25) is 0 Å². The lowest BCUT2D eigenvalue weighted by atomic mass is 9.80. The molecular formula is C13H18O3. The maximum Gasteiger partial charge on any atom is 0.122 e. The summed E-state index contributed by atoms with van der Waals surface area (Å²) in [6, 6.07) is 7.97. The Bertz CT molecular complexity index is 358. The van der Waals surface area contributed by atoms with Crippen LogP contribution in [-0.2, 0) is 0 Å². The van der Waals surface area contributed by atoms with Crippen molar-refractivity contribution in [3.8, 4) is 5.75 Å². The Morgan fingerprint density at radius 2 is 2.00 bits per heavy atom. The fraction of sp³-hybridized carbons (Fsp3) is 0.538. The minimum atomic E-state index is -0.425. The highest BCUT2D eigenvalue weighted by atomic mass is 16.5. The van der Waals surface area contributed by atoms with Crippen LogP contribution in [0.25, 0.3) is 0 Å². The van der Waals surface area contributed by atoms with E-state index in [-0.39, 0.29) is 19.1 Å². The average molecular weight is 222 g/mol. The second-order valence-corrected chi connectivity index (χ2v) is 4.88. The van der Waals surface area contributed by atoms with E-state index in [2.05, 4.69) is 6.07 Å². The van der Waals surface area contributed by atoms with Crippen molar-refractivity contribution in [2.45, 2.75) is 19.3 Å². The molecule has 16 heavy (non-hydrogen) atoms. The zero-order valence-corrected chi connectivity index (χ0v) is 9.52. The van der Waals surface area contributed by atoms with Gasteiger partial charge in [-0.2, -0.15) is 0 Å². The summed E-state index contributed by atoms with van der Waals surface area (Å²) in [6.45, 7) is 2.55. The van der Waals surface area contributed by atoms with Crippen molar-refractivity contribution in [1.82, 2.24) is 0 Å². The second kappa shape index (κ2) is 4.44. The molecule has 0 aliphatic carbocycles. The SMILES string of the molecule is CC(CO)(CO)CC1COc2ccccc21. The molecule has 3 heteroatoms. The van der Waals surface area contributed by atoms with Crippen molar-refractivity contribution in [3.05, 3.63) is 29.8 Å². The molecule has 0 bridgehead atoms. The van der Waals surface area contributed by atoms with Gasteiger partial charge in [-0.3, -0.25) is 0 Å². The summed E-state index contributed by atoms with van der Waals surface area (Å²) in [7, 11) is 0. The number of aliphatic hydroxyl groups excluding tert-OH is 2. The molecule has 1 heterocycles. The third-order valence-electron chi connectivity index (χ3n) is 3.30. The summed E-state index contributed by atoms with van der Waals surface area (Å²) in [4.78, 5) is 0. The standard InChI is InChI=1S/C13H18O3/c1-13(8-14,9-15)6-10-7-16-12-5-3-2-4-11(10)12/h2-5,10,14-15H,6-9H2,1H3. The zero-order chi connectivity index (χ0) is 11.6. The van der Waals surface area contributed by atoms with Gasteiger partial charge in [-0.25, -0.2) is 0 Å². The Balaban J connectivity index is 2.14. The summed E-state index contributed by atoms with van der Waals surface area (Å²) in [5.41, 5.74) is 0.765. The van der Waals surface area contributed by atoms with Crippen LogP contribution in [0.5, 0.6) is 5.75 Å². The van der Waals surface area contributed by atoms with Crippen LogP contribution in [0.1, 0.15) is 24.8 Å². The maximum absolute atomic E-state index is 9.29. The number of hydrogen-bond acceptors (Lipinski definition) is 3. The molecule has 0 saturated carbocycles. The molecule has 1 aliphatic heterocycles. The van der Waals surface area contributed by atoms with E-state index in [4.69, 9.17) is 4.74 Å². The lowest BCUT2D eigenvalue weighted by Crippen LogP contribution is -2.28. The molecule has 2 rings (SSSR count). The molecule has 0 radical (unpaired) electrons. The third kappa shape index (κ3) is 2.06. The molecule has 0 amide bonds. The van der Waals surface area contributed by atoms with Crippen molar-refractivity contribution in [3.63, 3.8) is 0 Å². The zero-order valence-electron chi connectivity index (χ0n) is 9.52. The number of ether oxygens (including phenoxy) is 1. The van der Waals surface area contributed by atoms with Crippen LogP contribution in [0.4, 0.5) is 0 Å².